The fourth-order valence-corrected chi connectivity index (χ4v) is 1.81. The smallest absolute Gasteiger partial charge is 0.336 e. The number of nitrogens with zero attached hydrogens (tertiary/aromatic N) is 3. The van der Waals surface area contributed by atoms with Crippen molar-refractivity contribution in [1.29, 1.82) is 0 Å². The fraction of sp³-hybridized carbons (Fsp3) is 0.400. The predicted octanol–water partition coefficient (Wildman–Crippen LogP) is -0.537. The van der Waals surface area contributed by atoms with Gasteiger partial charge in [-0.3, -0.25) is 0 Å². The van der Waals surface area contributed by atoms with Crippen molar-refractivity contribution < 1.29 is 24.8 Å². The average Bonchev–Trinajstić information content (AvgIpc) is 3.07. The zero-order valence-electron chi connectivity index (χ0n) is 13.6. The molecular weight excluding hydrogens is 330 g/mol. The summed E-state index contributed by atoms with van der Waals surface area (Å²) in [6.07, 6.45) is -3.56. The summed E-state index contributed by atoms with van der Waals surface area (Å²) in [6.45, 7) is 1.65. The monoisotopic (exact) mass is 351 g/mol. The van der Waals surface area contributed by atoms with Gasteiger partial charge in [0.05, 0.1) is 19.4 Å². The van der Waals surface area contributed by atoms with Crippen LogP contribution in [0.5, 0.6) is 0 Å². The van der Waals surface area contributed by atoms with Gasteiger partial charge in [0.1, 0.15) is 18.3 Å². The highest BCUT2D eigenvalue weighted by Gasteiger charge is 2.22. The normalized spacial score (nSPS) is 15.1. The zero-order chi connectivity index (χ0) is 18.2. The lowest BCUT2D eigenvalue weighted by Crippen LogP contribution is -2.40. The van der Waals surface area contributed by atoms with Crippen LogP contribution >= 0.6 is 0 Å². The van der Waals surface area contributed by atoms with Crippen LogP contribution in [0.25, 0.3) is 0 Å². The molecule has 136 valence electrons. The van der Waals surface area contributed by atoms with Crippen LogP contribution in [0.1, 0.15) is 11.5 Å². The molecule has 0 aliphatic carbocycles. The highest BCUT2D eigenvalue weighted by atomic mass is 16.4. The molecule has 0 spiro atoms. The van der Waals surface area contributed by atoms with Crippen molar-refractivity contribution in [2.45, 2.75) is 31.8 Å². The molecule has 0 unspecified atom stereocenters. The van der Waals surface area contributed by atoms with Gasteiger partial charge in [-0.1, -0.05) is 22.8 Å². The molecule has 0 aliphatic heterocycles. The van der Waals surface area contributed by atoms with Crippen molar-refractivity contribution in [1.82, 2.24) is 10.2 Å². The molecule has 10 heteroatoms. The first-order chi connectivity index (χ1) is 12.0. The van der Waals surface area contributed by atoms with Gasteiger partial charge in [-0.25, -0.2) is 5.43 Å². The van der Waals surface area contributed by atoms with E-state index < -0.39 is 24.9 Å². The average molecular weight is 351 g/mol. The van der Waals surface area contributed by atoms with Crippen LogP contribution in [0.15, 0.2) is 33.8 Å². The highest BCUT2D eigenvalue weighted by Crippen LogP contribution is 2.11. The van der Waals surface area contributed by atoms with Crippen LogP contribution in [0, 0.1) is 6.92 Å². The maximum absolute atomic E-state index is 9.55. The zero-order valence-corrected chi connectivity index (χ0v) is 13.6. The molecule has 0 radical (unpaired) electrons. The van der Waals surface area contributed by atoms with E-state index in [0.717, 1.165) is 17.5 Å². The van der Waals surface area contributed by atoms with E-state index >= 15 is 0 Å². The second-order valence-electron chi connectivity index (χ2n) is 5.34. The van der Waals surface area contributed by atoms with Crippen molar-refractivity contribution in [3.63, 3.8) is 0 Å². The molecule has 6 N–H and O–H groups in total. The molecule has 0 fully saturated rings. The minimum Gasteiger partial charge on any atom is -0.405 e. The van der Waals surface area contributed by atoms with Gasteiger partial charge >= 0.3 is 6.01 Å². The Morgan fingerprint density at radius 3 is 2.60 bits per heavy atom. The van der Waals surface area contributed by atoms with Crippen LogP contribution in [-0.2, 0) is 6.54 Å². The Bertz CT molecular complexity index is 675. The maximum Gasteiger partial charge on any atom is 0.336 e. The summed E-state index contributed by atoms with van der Waals surface area (Å²) in [5.41, 5.74) is 4.47. The largest absolute Gasteiger partial charge is 0.405 e. The van der Waals surface area contributed by atoms with E-state index in [1.165, 1.54) is 0 Å². The predicted molar refractivity (Wildman–Crippen MR) is 90.0 cm³/mol. The molecule has 10 nitrogen and oxygen atoms in total. The topological polar surface area (TPSA) is 156 Å². The Hall–Kier alpha value is -2.53. The van der Waals surface area contributed by atoms with Crippen molar-refractivity contribution in [3.05, 3.63) is 35.7 Å². The Kier molecular flexibility index (Phi) is 6.83. The fourth-order valence-electron chi connectivity index (χ4n) is 1.81. The highest BCUT2D eigenvalue weighted by molar-refractivity contribution is 5.64. The summed E-state index contributed by atoms with van der Waals surface area (Å²) in [7, 11) is 0. The van der Waals surface area contributed by atoms with E-state index in [1.807, 2.05) is 31.2 Å². The Labute approximate surface area is 143 Å². The van der Waals surface area contributed by atoms with Crippen LogP contribution in [-0.4, -0.2) is 61.8 Å². The number of aliphatic hydroxyl groups excluding tert-OH is 4. The van der Waals surface area contributed by atoms with Crippen molar-refractivity contribution in [2.24, 2.45) is 5.10 Å². The van der Waals surface area contributed by atoms with Crippen LogP contribution in [0.3, 0.4) is 0 Å². The standard InChI is InChI=1S/C15H21N5O5/c1-9-2-4-10(5-3-9)16-7-13-18-20-15(25-13)19-17-6-11(22)14(24)12(23)8-21/h2-6,11-12,14,16,21-24H,7-8H2,1H3,(H,19,20)/b17-6-/t11-,12-,14+/m1/s1. The lowest BCUT2D eigenvalue weighted by molar-refractivity contribution is -0.0541. The lowest BCUT2D eigenvalue weighted by Gasteiger charge is -2.17. The summed E-state index contributed by atoms with van der Waals surface area (Å²) in [4.78, 5) is 0. The molecule has 0 saturated carbocycles. The molecule has 25 heavy (non-hydrogen) atoms. The summed E-state index contributed by atoms with van der Waals surface area (Å²) in [5.74, 6) is 0.328. The number of aliphatic hydroxyl groups is 4. The van der Waals surface area contributed by atoms with Crippen LogP contribution in [0.4, 0.5) is 11.7 Å². The summed E-state index contributed by atoms with van der Waals surface area (Å²) < 4.78 is 5.30. The number of aromatic nitrogens is 2. The van der Waals surface area contributed by atoms with Crippen molar-refractivity contribution in [2.75, 3.05) is 17.3 Å². The molecule has 1 aromatic carbocycles. The van der Waals surface area contributed by atoms with Gasteiger partial charge in [0, 0.05) is 5.69 Å². The summed E-state index contributed by atoms with van der Waals surface area (Å²) in [5, 5.41) is 51.2. The molecule has 0 bridgehead atoms. The third-order valence-electron chi connectivity index (χ3n) is 3.28. The first-order valence-corrected chi connectivity index (χ1v) is 7.56. The van der Waals surface area contributed by atoms with Gasteiger partial charge in [-0.05, 0) is 19.1 Å². The molecule has 2 rings (SSSR count). The van der Waals surface area contributed by atoms with Gasteiger partial charge < -0.3 is 30.2 Å². The molecular formula is C15H21N5O5. The summed E-state index contributed by atoms with van der Waals surface area (Å²) in [6, 6.07) is 7.82. The van der Waals surface area contributed by atoms with Crippen molar-refractivity contribution >= 4 is 17.9 Å². The number of aryl methyl sites for hydroxylation is 1. The second kappa shape index (κ2) is 9.08. The minimum atomic E-state index is -1.56. The molecule has 2 aromatic rings. The van der Waals surface area contributed by atoms with Gasteiger partial charge in [0.2, 0.25) is 5.89 Å². The minimum absolute atomic E-state index is 0.00125. The first kappa shape index (κ1) is 18.8. The molecule has 1 heterocycles. The number of anilines is 2. The van der Waals surface area contributed by atoms with Gasteiger partial charge in [0.15, 0.2) is 0 Å². The number of nitrogens with one attached hydrogen (secondary N) is 2. The van der Waals surface area contributed by atoms with E-state index in [0.29, 0.717) is 12.4 Å². The number of rotatable bonds is 9. The van der Waals surface area contributed by atoms with Crippen LogP contribution in [0.2, 0.25) is 0 Å². The van der Waals surface area contributed by atoms with E-state index in [4.69, 9.17) is 9.52 Å². The van der Waals surface area contributed by atoms with Crippen molar-refractivity contribution in [3.8, 4) is 0 Å². The molecule has 0 aliphatic rings. The third-order valence-corrected chi connectivity index (χ3v) is 3.28. The van der Waals surface area contributed by atoms with E-state index in [-0.39, 0.29) is 6.01 Å². The number of benzene rings is 1. The van der Waals surface area contributed by atoms with Gasteiger partial charge in [-0.2, -0.15) is 5.10 Å². The van der Waals surface area contributed by atoms with E-state index in [2.05, 4.69) is 26.0 Å². The Morgan fingerprint density at radius 1 is 1.20 bits per heavy atom. The number of hydrazone groups is 1. The maximum atomic E-state index is 9.55. The quantitative estimate of drug-likeness (QED) is 0.258. The number of hydrogen-bond donors (Lipinski definition) is 6. The molecule has 0 saturated heterocycles. The van der Waals surface area contributed by atoms with Crippen LogP contribution < -0.4 is 10.7 Å². The number of hydrogen-bond acceptors (Lipinski definition) is 10. The Morgan fingerprint density at radius 2 is 1.92 bits per heavy atom. The first-order valence-electron chi connectivity index (χ1n) is 7.56. The SMILES string of the molecule is Cc1ccc(NCc2nnc(N/N=C\[C@@H](O)[C@H](O)[C@H](O)CO)o2)cc1. The van der Waals surface area contributed by atoms with E-state index in [9.17, 15) is 15.3 Å². The second-order valence-corrected chi connectivity index (χ2v) is 5.34. The molecule has 3 atom stereocenters. The van der Waals surface area contributed by atoms with Gasteiger partial charge in [0.25, 0.3) is 0 Å². The Balaban J connectivity index is 1.80. The van der Waals surface area contributed by atoms with Gasteiger partial charge in [-0.15, -0.1) is 5.10 Å². The lowest BCUT2D eigenvalue weighted by atomic mass is 10.1. The third kappa shape index (κ3) is 5.80. The molecule has 0 amide bonds. The molecule has 1 aromatic heterocycles. The van der Waals surface area contributed by atoms with E-state index in [1.54, 1.807) is 0 Å². The summed E-state index contributed by atoms with van der Waals surface area (Å²) >= 11 is 0.